The highest BCUT2D eigenvalue weighted by molar-refractivity contribution is 7.92. The SMILES string of the molecule is C/C=C\S(=O)(=O)NC(C)(C)C. The van der Waals surface area contributed by atoms with E-state index in [2.05, 4.69) is 4.72 Å². The predicted molar refractivity (Wildman–Crippen MR) is 46.6 cm³/mol. The van der Waals surface area contributed by atoms with Crippen LogP contribution in [0, 0.1) is 0 Å². The molecular formula is C7H15NO2S. The predicted octanol–water partition coefficient (Wildman–Crippen LogP) is 1.24. The van der Waals surface area contributed by atoms with E-state index in [9.17, 15) is 8.42 Å². The summed E-state index contributed by atoms with van der Waals surface area (Å²) in [6.45, 7) is 7.07. The van der Waals surface area contributed by atoms with Crippen LogP contribution in [0.25, 0.3) is 0 Å². The summed E-state index contributed by atoms with van der Waals surface area (Å²) >= 11 is 0. The van der Waals surface area contributed by atoms with Gasteiger partial charge in [-0.15, -0.1) is 0 Å². The summed E-state index contributed by atoms with van der Waals surface area (Å²) in [7, 11) is -3.22. The Kier molecular flexibility index (Phi) is 3.26. The van der Waals surface area contributed by atoms with Gasteiger partial charge in [0.05, 0.1) is 0 Å². The van der Waals surface area contributed by atoms with E-state index in [4.69, 9.17) is 0 Å². The van der Waals surface area contributed by atoms with Crippen LogP contribution in [0.3, 0.4) is 0 Å². The Morgan fingerprint density at radius 3 is 2.00 bits per heavy atom. The first-order valence-electron chi connectivity index (χ1n) is 3.43. The van der Waals surface area contributed by atoms with Gasteiger partial charge in [0.1, 0.15) is 0 Å². The fourth-order valence-corrected chi connectivity index (χ4v) is 1.92. The summed E-state index contributed by atoms with van der Waals surface area (Å²) in [6.07, 6.45) is 1.49. The van der Waals surface area contributed by atoms with E-state index in [-0.39, 0.29) is 0 Å². The molecule has 0 spiro atoms. The first-order chi connectivity index (χ1) is 4.77. The molecule has 0 fully saturated rings. The number of hydrogen-bond acceptors (Lipinski definition) is 2. The Bertz CT molecular complexity index is 234. The van der Waals surface area contributed by atoms with Crippen LogP contribution < -0.4 is 4.72 Å². The molecule has 0 atom stereocenters. The molecule has 0 aliphatic heterocycles. The maximum atomic E-state index is 11.0. The molecule has 4 heteroatoms. The van der Waals surface area contributed by atoms with Gasteiger partial charge in [0.2, 0.25) is 10.0 Å². The van der Waals surface area contributed by atoms with Gasteiger partial charge in [-0.25, -0.2) is 13.1 Å². The summed E-state index contributed by atoms with van der Waals surface area (Å²) in [5, 5.41) is 1.15. The smallest absolute Gasteiger partial charge is 0.208 e. The van der Waals surface area contributed by atoms with Crippen LogP contribution in [-0.2, 0) is 10.0 Å². The average molecular weight is 177 g/mol. The lowest BCUT2D eigenvalue weighted by Gasteiger charge is -2.18. The van der Waals surface area contributed by atoms with Crippen LogP contribution in [0.5, 0.6) is 0 Å². The third-order valence-electron chi connectivity index (χ3n) is 0.764. The topological polar surface area (TPSA) is 46.2 Å². The lowest BCUT2D eigenvalue weighted by molar-refractivity contribution is 0.496. The summed E-state index contributed by atoms with van der Waals surface area (Å²) in [6, 6.07) is 0. The van der Waals surface area contributed by atoms with Crippen LogP contribution in [-0.4, -0.2) is 14.0 Å². The molecule has 0 aromatic rings. The van der Waals surface area contributed by atoms with E-state index < -0.39 is 15.6 Å². The van der Waals surface area contributed by atoms with E-state index in [1.54, 1.807) is 27.7 Å². The van der Waals surface area contributed by atoms with Crippen LogP contribution in [0.4, 0.5) is 0 Å². The standard InChI is InChI=1S/C7H15NO2S/c1-5-6-11(9,10)8-7(2,3)4/h5-6,8H,1-4H3/b6-5-. The van der Waals surface area contributed by atoms with E-state index in [0.29, 0.717) is 0 Å². The number of hydrogen-bond donors (Lipinski definition) is 1. The highest BCUT2D eigenvalue weighted by Crippen LogP contribution is 2.02. The summed E-state index contributed by atoms with van der Waals surface area (Å²) in [4.78, 5) is 0. The molecule has 0 unspecified atom stereocenters. The number of allylic oxidation sites excluding steroid dienone is 1. The minimum atomic E-state index is -3.22. The Balaban J connectivity index is 4.39. The van der Waals surface area contributed by atoms with Crippen LogP contribution >= 0.6 is 0 Å². The largest absolute Gasteiger partial charge is 0.233 e. The zero-order valence-electron chi connectivity index (χ0n) is 7.38. The molecule has 66 valence electrons. The molecule has 0 aromatic heterocycles. The average Bonchev–Trinajstić information content (AvgIpc) is 1.55. The number of nitrogens with one attached hydrogen (secondary N) is 1. The van der Waals surface area contributed by atoms with Crippen molar-refractivity contribution in [3.63, 3.8) is 0 Å². The second-order valence-electron chi connectivity index (χ2n) is 3.37. The van der Waals surface area contributed by atoms with Crippen LogP contribution in [0.1, 0.15) is 27.7 Å². The first kappa shape index (κ1) is 10.7. The quantitative estimate of drug-likeness (QED) is 0.689. The second-order valence-corrected chi connectivity index (χ2v) is 4.93. The molecule has 0 amide bonds. The van der Waals surface area contributed by atoms with Crippen molar-refractivity contribution in [1.82, 2.24) is 4.72 Å². The minimum absolute atomic E-state index is 0.404. The van der Waals surface area contributed by atoms with Gasteiger partial charge in [0, 0.05) is 10.9 Å². The van der Waals surface area contributed by atoms with Crippen molar-refractivity contribution in [2.24, 2.45) is 0 Å². The van der Waals surface area contributed by atoms with Crippen molar-refractivity contribution in [1.29, 1.82) is 0 Å². The molecule has 0 saturated carbocycles. The van der Waals surface area contributed by atoms with Gasteiger partial charge in [0.25, 0.3) is 0 Å². The van der Waals surface area contributed by atoms with Crippen molar-refractivity contribution in [3.8, 4) is 0 Å². The Labute approximate surface area is 68.5 Å². The molecule has 0 rings (SSSR count). The molecule has 3 nitrogen and oxygen atoms in total. The van der Waals surface area contributed by atoms with E-state index in [1.807, 2.05) is 0 Å². The van der Waals surface area contributed by atoms with Gasteiger partial charge in [-0.3, -0.25) is 0 Å². The lowest BCUT2D eigenvalue weighted by Crippen LogP contribution is -2.39. The van der Waals surface area contributed by atoms with Gasteiger partial charge in [-0.1, -0.05) is 6.08 Å². The molecule has 0 radical (unpaired) electrons. The van der Waals surface area contributed by atoms with E-state index in [0.717, 1.165) is 5.41 Å². The number of sulfonamides is 1. The molecule has 11 heavy (non-hydrogen) atoms. The van der Waals surface area contributed by atoms with Crippen molar-refractivity contribution >= 4 is 10.0 Å². The van der Waals surface area contributed by atoms with Gasteiger partial charge >= 0.3 is 0 Å². The normalized spacial score (nSPS) is 14.2. The molecule has 0 heterocycles. The fourth-order valence-electron chi connectivity index (χ4n) is 0.640. The summed E-state index contributed by atoms with van der Waals surface area (Å²) < 4.78 is 24.6. The van der Waals surface area contributed by atoms with Gasteiger partial charge in [0.15, 0.2) is 0 Å². The minimum Gasteiger partial charge on any atom is -0.208 e. The fraction of sp³-hybridized carbons (Fsp3) is 0.714. The number of rotatable bonds is 2. The highest BCUT2D eigenvalue weighted by atomic mass is 32.2. The molecule has 0 aliphatic rings. The summed E-state index contributed by atoms with van der Waals surface area (Å²) in [5.41, 5.74) is -0.404. The molecule has 1 N–H and O–H groups in total. The second kappa shape index (κ2) is 3.36. The summed E-state index contributed by atoms with van der Waals surface area (Å²) in [5.74, 6) is 0. The van der Waals surface area contributed by atoms with Gasteiger partial charge in [-0.2, -0.15) is 0 Å². The van der Waals surface area contributed by atoms with Crippen molar-refractivity contribution < 1.29 is 8.42 Å². The maximum absolute atomic E-state index is 11.0. The zero-order chi connectivity index (χ0) is 9.12. The first-order valence-corrected chi connectivity index (χ1v) is 4.98. The van der Waals surface area contributed by atoms with E-state index in [1.165, 1.54) is 6.08 Å². The van der Waals surface area contributed by atoms with Gasteiger partial charge in [-0.05, 0) is 27.7 Å². The lowest BCUT2D eigenvalue weighted by atomic mass is 10.1. The molecule has 0 bridgehead atoms. The van der Waals surface area contributed by atoms with Crippen LogP contribution in [0.15, 0.2) is 11.5 Å². The van der Waals surface area contributed by atoms with Crippen molar-refractivity contribution in [3.05, 3.63) is 11.5 Å². The monoisotopic (exact) mass is 177 g/mol. The van der Waals surface area contributed by atoms with Crippen molar-refractivity contribution in [2.75, 3.05) is 0 Å². The molecule has 0 aliphatic carbocycles. The van der Waals surface area contributed by atoms with Crippen molar-refractivity contribution in [2.45, 2.75) is 33.2 Å². The molecule has 0 aromatic carbocycles. The zero-order valence-corrected chi connectivity index (χ0v) is 8.20. The Morgan fingerprint density at radius 2 is 1.73 bits per heavy atom. The Hall–Kier alpha value is -0.350. The highest BCUT2D eigenvalue weighted by Gasteiger charge is 2.16. The molecule has 0 saturated heterocycles. The Morgan fingerprint density at radius 1 is 1.27 bits per heavy atom. The third-order valence-corrected chi connectivity index (χ3v) is 2.29. The maximum Gasteiger partial charge on any atom is 0.233 e. The third kappa shape index (κ3) is 6.06. The van der Waals surface area contributed by atoms with E-state index >= 15 is 0 Å². The van der Waals surface area contributed by atoms with Gasteiger partial charge < -0.3 is 0 Å². The molecular weight excluding hydrogens is 162 g/mol. The van der Waals surface area contributed by atoms with Crippen LogP contribution in [0.2, 0.25) is 0 Å².